The summed E-state index contributed by atoms with van der Waals surface area (Å²) in [5.74, 6) is 0.358. The molecular formula is C21H22N2. The maximum absolute atomic E-state index is 4.43. The second kappa shape index (κ2) is 6.66. The highest BCUT2D eigenvalue weighted by Gasteiger charge is 2.18. The van der Waals surface area contributed by atoms with Gasteiger partial charge in [0, 0.05) is 5.92 Å². The third kappa shape index (κ3) is 3.26. The van der Waals surface area contributed by atoms with Crippen LogP contribution in [0.1, 0.15) is 36.5 Å². The molecule has 3 rings (SSSR count). The molecule has 0 fully saturated rings. The maximum atomic E-state index is 4.43. The standard InChI is InChI=1S/C21H22N2/c1-15-12-13-19(17(15)3)20-10-6-5-9-18(20)14-22-23-21-11-7-4-8-16(21)2/h4-14,19,23H,1-3H3. The van der Waals surface area contributed by atoms with Gasteiger partial charge in [-0.3, -0.25) is 5.43 Å². The fraction of sp³-hybridized carbons (Fsp3) is 0.190. The summed E-state index contributed by atoms with van der Waals surface area (Å²) < 4.78 is 0. The molecular weight excluding hydrogens is 280 g/mol. The Labute approximate surface area is 138 Å². The van der Waals surface area contributed by atoms with E-state index in [2.05, 4.69) is 73.8 Å². The zero-order chi connectivity index (χ0) is 16.2. The minimum atomic E-state index is 0.358. The molecule has 0 amide bonds. The highest BCUT2D eigenvalue weighted by atomic mass is 15.3. The number of nitrogens with one attached hydrogen (secondary N) is 1. The van der Waals surface area contributed by atoms with Gasteiger partial charge in [0.05, 0.1) is 11.9 Å². The SMILES string of the molecule is CC1=C(C)C(c2ccccc2C=NNc2ccccc2C)C=C1. The number of benzene rings is 2. The second-order valence-electron chi connectivity index (χ2n) is 6.02. The maximum Gasteiger partial charge on any atom is 0.0590 e. The molecule has 1 unspecified atom stereocenters. The molecule has 116 valence electrons. The molecule has 1 N–H and O–H groups in total. The number of anilines is 1. The van der Waals surface area contributed by atoms with Crippen LogP contribution in [0, 0.1) is 6.92 Å². The lowest BCUT2D eigenvalue weighted by Gasteiger charge is -2.14. The summed E-state index contributed by atoms with van der Waals surface area (Å²) >= 11 is 0. The highest BCUT2D eigenvalue weighted by Crippen LogP contribution is 2.34. The lowest BCUT2D eigenvalue weighted by molar-refractivity contribution is 0.999. The number of nitrogens with zero attached hydrogens (tertiary/aromatic N) is 1. The molecule has 0 bridgehead atoms. The summed E-state index contributed by atoms with van der Waals surface area (Å²) in [6, 6.07) is 16.6. The van der Waals surface area contributed by atoms with Crippen LogP contribution in [-0.2, 0) is 0 Å². The van der Waals surface area contributed by atoms with E-state index in [9.17, 15) is 0 Å². The van der Waals surface area contributed by atoms with Crippen molar-refractivity contribution in [2.75, 3.05) is 5.43 Å². The third-order valence-electron chi connectivity index (χ3n) is 4.49. The van der Waals surface area contributed by atoms with E-state index in [-0.39, 0.29) is 0 Å². The Morgan fingerprint density at radius 1 is 0.957 bits per heavy atom. The number of aryl methyl sites for hydroxylation is 1. The van der Waals surface area contributed by atoms with Crippen molar-refractivity contribution >= 4 is 11.9 Å². The molecule has 23 heavy (non-hydrogen) atoms. The normalized spacial score (nSPS) is 17.3. The third-order valence-corrected chi connectivity index (χ3v) is 4.49. The van der Waals surface area contributed by atoms with Crippen LogP contribution in [0.15, 0.2) is 76.9 Å². The average Bonchev–Trinajstić information content (AvgIpc) is 2.89. The van der Waals surface area contributed by atoms with Crippen LogP contribution in [0.2, 0.25) is 0 Å². The number of hydrogen-bond acceptors (Lipinski definition) is 2. The van der Waals surface area contributed by atoms with E-state index < -0.39 is 0 Å². The van der Waals surface area contributed by atoms with Crippen LogP contribution in [0.3, 0.4) is 0 Å². The van der Waals surface area contributed by atoms with E-state index in [1.165, 1.54) is 22.3 Å². The van der Waals surface area contributed by atoms with Crippen LogP contribution >= 0.6 is 0 Å². The van der Waals surface area contributed by atoms with Gasteiger partial charge >= 0.3 is 0 Å². The lowest BCUT2D eigenvalue weighted by Crippen LogP contribution is -2.01. The molecule has 0 aromatic heterocycles. The summed E-state index contributed by atoms with van der Waals surface area (Å²) in [6.45, 7) is 6.45. The largest absolute Gasteiger partial charge is 0.278 e. The first kappa shape index (κ1) is 15.3. The molecule has 0 aliphatic heterocycles. The van der Waals surface area contributed by atoms with Gasteiger partial charge in [-0.2, -0.15) is 5.10 Å². The predicted molar refractivity (Wildman–Crippen MR) is 99.1 cm³/mol. The van der Waals surface area contributed by atoms with Crippen LogP contribution in [-0.4, -0.2) is 6.21 Å². The van der Waals surface area contributed by atoms with E-state index in [0.29, 0.717) is 5.92 Å². The smallest absolute Gasteiger partial charge is 0.0590 e. The molecule has 1 atom stereocenters. The van der Waals surface area contributed by atoms with Crippen LogP contribution in [0.4, 0.5) is 5.69 Å². The first-order chi connectivity index (χ1) is 11.2. The summed E-state index contributed by atoms with van der Waals surface area (Å²) in [7, 11) is 0. The average molecular weight is 302 g/mol. The Morgan fingerprint density at radius 2 is 1.70 bits per heavy atom. The van der Waals surface area contributed by atoms with Gasteiger partial charge in [-0.05, 0) is 43.5 Å². The van der Waals surface area contributed by atoms with Crippen molar-refractivity contribution in [3.8, 4) is 0 Å². The summed E-state index contributed by atoms with van der Waals surface area (Å²) in [5.41, 5.74) is 10.6. The van der Waals surface area contributed by atoms with Crippen LogP contribution in [0.5, 0.6) is 0 Å². The summed E-state index contributed by atoms with van der Waals surface area (Å²) in [4.78, 5) is 0. The number of hydrogen-bond donors (Lipinski definition) is 1. The van der Waals surface area contributed by atoms with Crippen molar-refractivity contribution in [3.05, 3.63) is 88.5 Å². The molecule has 0 radical (unpaired) electrons. The zero-order valence-corrected chi connectivity index (χ0v) is 13.9. The van der Waals surface area contributed by atoms with E-state index in [1.807, 2.05) is 24.4 Å². The molecule has 0 spiro atoms. The molecule has 0 saturated carbocycles. The van der Waals surface area contributed by atoms with Gasteiger partial charge < -0.3 is 0 Å². The Kier molecular flexibility index (Phi) is 4.42. The molecule has 0 heterocycles. The van der Waals surface area contributed by atoms with Gasteiger partial charge in [-0.25, -0.2) is 0 Å². The number of hydrazone groups is 1. The van der Waals surface area contributed by atoms with E-state index in [4.69, 9.17) is 0 Å². The van der Waals surface area contributed by atoms with Gasteiger partial charge in [0.15, 0.2) is 0 Å². The molecule has 2 aromatic rings. The Hall–Kier alpha value is -2.61. The Morgan fingerprint density at radius 3 is 2.43 bits per heavy atom. The lowest BCUT2D eigenvalue weighted by atomic mass is 9.90. The van der Waals surface area contributed by atoms with Gasteiger partial charge in [-0.1, -0.05) is 65.8 Å². The summed E-state index contributed by atoms with van der Waals surface area (Å²) in [5, 5.41) is 4.43. The zero-order valence-electron chi connectivity index (χ0n) is 13.9. The Bertz CT molecular complexity index is 797. The van der Waals surface area contributed by atoms with E-state index >= 15 is 0 Å². The topological polar surface area (TPSA) is 24.4 Å². The van der Waals surface area contributed by atoms with Crippen molar-refractivity contribution < 1.29 is 0 Å². The van der Waals surface area contributed by atoms with Crippen molar-refractivity contribution in [1.82, 2.24) is 0 Å². The van der Waals surface area contributed by atoms with Crippen LogP contribution in [0.25, 0.3) is 0 Å². The predicted octanol–water partition coefficient (Wildman–Crippen LogP) is 5.43. The van der Waals surface area contributed by atoms with Gasteiger partial charge in [0.1, 0.15) is 0 Å². The minimum absolute atomic E-state index is 0.358. The highest BCUT2D eigenvalue weighted by molar-refractivity contribution is 5.83. The number of para-hydroxylation sites is 1. The van der Waals surface area contributed by atoms with Gasteiger partial charge in [-0.15, -0.1) is 0 Å². The molecule has 2 nitrogen and oxygen atoms in total. The first-order valence-corrected chi connectivity index (χ1v) is 7.96. The molecule has 2 aromatic carbocycles. The monoisotopic (exact) mass is 302 g/mol. The second-order valence-corrected chi connectivity index (χ2v) is 6.02. The van der Waals surface area contributed by atoms with Gasteiger partial charge in [0.25, 0.3) is 0 Å². The summed E-state index contributed by atoms with van der Waals surface area (Å²) in [6.07, 6.45) is 6.39. The quantitative estimate of drug-likeness (QED) is 0.591. The van der Waals surface area contributed by atoms with Crippen molar-refractivity contribution in [1.29, 1.82) is 0 Å². The number of allylic oxidation sites excluding steroid dienone is 4. The van der Waals surface area contributed by atoms with E-state index in [0.717, 1.165) is 11.3 Å². The fourth-order valence-corrected chi connectivity index (χ4v) is 2.88. The number of rotatable bonds is 4. The molecule has 0 saturated heterocycles. The molecule has 2 heteroatoms. The van der Waals surface area contributed by atoms with E-state index in [1.54, 1.807) is 0 Å². The molecule has 1 aliphatic carbocycles. The molecule has 1 aliphatic rings. The van der Waals surface area contributed by atoms with Gasteiger partial charge in [0.2, 0.25) is 0 Å². The fourth-order valence-electron chi connectivity index (χ4n) is 2.88. The van der Waals surface area contributed by atoms with Crippen molar-refractivity contribution in [3.63, 3.8) is 0 Å². The van der Waals surface area contributed by atoms with Crippen molar-refractivity contribution in [2.45, 2.75) is 26.7 Å². The minimum Gasteiger partial charge on any atom is -0.278 e. The Balaban J connectivity index is 1.83. The van der Waals surface area contributed by atoms with Crippen LogP contribution < -0.4 is 5.43 Å². The van der Waals surface area contributed by atoms with Crippen molar-refractivity contribution in [2.24, 2.45) is 5.10 Å². The first-order valence-electron chi connectivity index (χ1n) is 7.96.